The molecule has 0 aromatic heterocycles. The predicted molar refractivity (Wildman–Crippen MR) is 129 cm³/mol. The van der Waals surface area contributed by atoms with Gasteiger partial charge < -0.3 is 24.8 Å². The van der Waals surface area contributed by atoms with Crippen LogP contribution < -0.4 is 5.32 Å². The number of likely N-dealkylation sites (N-methyl/N-ethyl adjacent to an activating group) is 1. The van der Waals surface area contributed by atoms with E-state index in [2.05, 4.69) is 22.0 Å². The fraction of sp³-hybridized carbons (Fsp3) is 0.850. The van der Waals surface area contributed by atoms with E-state index >= 15 is 0 Å². The van der Waals surface area contributed by atoms with Gasteiger partial charge >= 0.3 is 6.09 Å². The minimum atomic E-state index is -0.235. The molecule has 0 saturated carbocycles. The van der Waals surface area contributed by atoms with Crippen molar-refractivity contribution >= 4 is 41.9 Å². The van der Waals surface area contributed by atoms with Crippen molar-refractivity contribution in [3.63, 3.8) is 0 Å². The average molecular weight is 538 g/mol. The molecule has 2 aliphatic rings. The highest BCUT2D eigenvalue weighted by atomic mass is 127. The number of halogens is 1. The maximum absolute atomic E-state index is 12.3. The fourth-order valence-electron chi connectivity index (χ4n) is 3.87. The molecule has 1 atom stereocenters. The number of piperazine rings is 1. The van der Waals surface area contributed by atoms with Crippen LogP contribution >= 0.6 is 24.0 Å². The molecule has 10 heteroatoms. The van der Waals surface area contributed by atoms with E-state index in [-0.39, 0.29) is 42.0 Å². The Kier molecular flexibility index (Phi) is 12.4. The van der Waals surface area contributed by atoms with E-state index in [0.717, 1.165) is 64.5 Å². The van der Waals surface area contributed by atoms with Crippen molar-refractivity contribution in [2.75, 3.05) is 73.1 Å². The standard InChI is InChI=1S/C20H38N6O3.HI/c1-5-21-19(25-13-15-26(16-14-25)20(28)29-6-2)22-10-8-12-24-11-7-9-17(24)18(27)23(3)4;/h17H,5-16H2,1-4H3,(H,21,22);1H. The molecule has 0 aliphatic carbocycles. The minimum absolute atomic E-state index is 0. The Morgan fingerprint density at radius 3 is 2.37 bits per heavy atom. The summed E-state index contributed by atoms with van der Waals surface area (Å²) in [6, 6.07) is 0.0261. The number of carbonyl (C=O) groups is 2. The van der Waals surface area contributed by atoms with Gasteiger partial charge in [-0.05, 0) is 39.7 Å². The summed E-state index contributed by atoms with van der Waals surface area (Å²) in [5, 5.41) is 3.36. The van der Waals surface area contributed by atoms with Crippen molar-refractivity contribution in [2.45, 2.75) is 39.2 Å². The van der Waals surface area contributed by atoms with Gasteiger partial charge in [0.05, 0.1) is 12.6 Å². The van der Waals surface area contributed by atoms with Gasteiger partial charge in [-0.15, -0.1) is 24.0 Å². The number of nitrogens with one attached hydrogen (secondary N) is 1. The molecule has 2 amide bonds. The summed E-state index contributed by atoms with van der Waals surface area (Å²) in [7, 11) is 3.65. The van der Waals surface area contributed by atoms with E-state index in [1.807, 2.05) is 21.0 Å². The van der Waals surface area contributed by atoms with Crippen LogP contribution in [0, 0.1) is 0 Å². The third-order valence-electron chi connectivity index (χ3n) is 5.39. The molecule has 2 saturated heterocycles. The van der Waals surface area contributed by atoms with E-state index in [1.165, 1.54) is 0 Å². The van der Waals surface area contributed by atoms with E-state index in [4.69, 9.17) is 9.73 Å². The van der Waals surface area contributed by atoms with Gasteiger partial charge in [0.1, 0.15) is 0 Å². The van der Waals surface area contributed by atoms with Crippen LogP contribution in [0.2, 0.25) is 0 Å². The lowest BCUT2D eigenvalue weighted by Crippen LogP contribution is -2.54. The van der Waals surface area contributed by atoms with Crippen molar-refractivity contribution < 1.29 is 14.3 Å². The molecule has 0 spiro atoms. The lowest BCUT2D eigenvalue weighted by molar-refractivity contribution is -0.133. The Bertz CT molecular complexity index is 567. The second-order valence-electron chi connectivity index (χ2n) is 7.69. The smallest absolute Gasteiger partial charge is 0.409 e. The Balaban J connectivity index is 0.00000450. The van der Waals surface area contributed by atoms with Gasteiger partial charge in [-0.25, -0.2) is 4.79 Å². The first-order valence-electron chi connectivity index (χ1n) is 10.9. The summed E-state index contributed by atoms with van der Waals surface area (Å²) in [5.41, 5.74) is 0. The molecular weight excluding hydrogens is 499 g/mol. The molecule has 2 heterocycles. The lowest BCUT2D eigenvalue weighted by atomic mass is 10.2. The van der Waals surface area contributed by atoms with Crippen LogP contribution in [-0.4, -0.2) is 117 Å². The lowest BCUT2D eigenvalue weighted by Gasteiger charge is -2.36. The molecule has 0 radical (unpaired) electrons. The van der Waals surface area contributed by atoms with Gasteiger partial charge in [0.2, 0.25) is 5.91 Å². The Hall–Kier alpha value is -1.30. The normalized spacial score (nSPS) is 20.0. The van der Waals surface area contributed by atoms with Crippen LogP contribution in [0.4, 0.5) is 4.79 Å². The molecule has 0 aromatic carbocycles. The van der Waals surface area contributed by atoms with E-state index in [0.29, 0.717) is 19.7 Å². The number of hydrogen-bond acceptors (Lipinski definition) is 5. The highest BCUT2D eigenvalue weighted by molar-refractivity contribution is 14.0. The van der Waals surface area contributed by atoms with Gasteiger partial charge in [0, 0.05) is 59.9 Å². The quantitative estimate of drug-likeness (QED) is 0.228. The highest BCUT2D eigenvalue weighted by Crippen LogP contribution is 2.18. The van der Waals surface area contributed by atoms with Gasteiger partial charge in [0.15, 0.2) is 5.96 Å². The monoisotopic (exact) mass is 538 g/mol. The topological polar surface area (TPSA) is 80.7 Å². The molecule has 0 bridgehead atoms. The first-order valence-corrected chi connectivity index (χ1v) is 10.9. The summed E-state index contributed by atoms with van der Waals surface area (Å²) >= 11 is 0. The maximum Gasteiger partial charge on any atom is 0.409 e. The number of carbonyl (C=O) groups excluding carboxylic acids is 2. The van der Waals surface area contributed by atoms with Crippen LogP contribution in [0.15, 0.2) is 4.99 Å². The highest BCUT2D eigenvalue weighted by Gasteiger charge is 2.31. The molecular formula is C20H39IN6O3. The molecule has 1 unspecified atom stereocenters. The fourth-order valence-corrected chi connectivity index (χ4v) is 3.87. The van der Waals surface area contributed by atoms with E-state index in [9.17, 15) is 9.59 Å². The van der Waals surface area contributed by atoms with Crippen LogP contribution in [-0.2, 0) is 9.53 Å². The summed E-state index contributed by atoms with van der Waals surface area (Å²) in [6.45, 7) is 10.5. The zero-order valence-corrected chi connectivity index (χ0v) is 21.3. The first kappa shape index (κ1) is 26.7. The molecule has 1 N–H and O–H groups in total. The predicted octanol–water partition coefficient (Wildman–Crippen LogP) is 1.29. The number of amides is 2. The molecule has 0 aromatic rings. The van der Waals surface area contributed by atoms with Crippen LogP contribution in [0.5, 0.6) is 0 Å². The summed E-state index contributed by atoms with van der Waals surface area (Å²) < 4.78 is 5.08. The van der Waals surface area contributed by atoms with Crippen molar-refractivity contribution in [1.29, 1.82) is 0 Å². The van der Waals surface area contributed by atoms with Crippen molar-refractivity contribution in [3.8, 4) is 0 Å². The number of hydrogen-bond donors (Lipinski definition) is 1. The number of ether oxygens (including phenoxy) is 1. The Morgan fingerprint density at radius 1 is 1.10 bits per heavy atom. The molecule has 30 heavy (non-hydrogen) atoms. The summed E-state index contributed by atoms with van der Waals surface area (Å²) in [4.78, 5) is 36.9. The molecule has 2 rings (SSSR count). The van der Waals surface area contributed by atoms with Crippen LogP contribution in [0.3, 0.4) is 0 Å². The third kappa shape index (κ3) is 7.75. The maximum atomic E-state index is 12.3. The Morgan fingerprint density at radius 2 is 1.77 bits per heavy atom. The van der Waals surface area contributed by atoms with Crippen molar-refractivity contribution in [2.24, 2.45) is 4.99 Å². The summed E-state index contributed by atoms with van der Waals surface area (Å²) in [5.74, 6) is 1.11. The molecule has 2 fully saturated rings. The number of likely N-dealkylation sites (tertiary alicyclic amines) is 1. The number of rotatable bonds is 7. The SMILES string of the molecule is CCNC(=NCCCN1CCCC1C(=O)N(C)C)N1CCN(C(=O)OCC)CC1.I. The van der Waals surface area contributed by atoms with Gasteiger partial charge in [-0.1, -0.05) is 0 Å². The Labute approximate surface area is 198 Å². The number of nitrogens with zero attached hydrogens (tertiary/aromatic N) is 5. The molecule has 174 valence electrons. The second-order valence-corrected chi connectivity index (χ2v) is 7.69. The van der Waals surface area contributed by atoms with Crippen LogP contribution in [0.25, 0.3) is 0 Å². The van der Waals surface area contributed by atoms with Crippen LogP contribution in [0.1, 0.15) is 33.1 Å². The second kappa shape index (κ2) is 13.9. The first-order chi connectivity index (χ1) is 14.0. The molecule has 2 aliphatic heterocycles. The average Bonchev–Trinajstić information content (AvgIpc) is 3.18. The number of guanidine groups is 1. The summed E-state index contributed by atoms with van der Waals surface area (Å²) in [6.07, 6.45) is 2.73. The largest absolute Gasteiger partial charge is 0.450 e. The van der Waals surface area contributed by atoms with E-state index in [1.54, 1.807) is 9.80 Å². The van der Waals surface area contributed by atoms with Gasteiger partial charge in [-0.2, -0.15) is 0 Å². The third-order valence-corrected chi connectivity index (χ3v) is 5.39. The minimum Gasteiger partial charge on any atom is -0.450 e. The number of aliphatic imine (C=N–C) groups is 1. The van der Waals surface area contributed by atoms with E-state index < -0.39 is 0 Å². The van der Waals surface area contributed by atoms with Gasteiger partial charge in [0.25, 0.3) is 0 Å². The zero-order chi connectivity index (χ0) is 21.2. The zero-order valence-electron chi connectivity index (χ0n) is 18.9. The van der Waals surface area contributed by atoms with Gasteiger partial charge in [-0.3, -0.25) is 14.7 Å². The van der Waals surface area contributed by atoms with Crippen molar-refractivity contribution in [1.82, 2.24) is 24.9 Å². The molecule has 9 nitrogen and oxygen atoms in total. The van der Waals surface area contributed by atoms with Crippen molar-refractivity contribution in [3.05, 3.63) is 0 Å².